The molecule has 0 radical (unpaired) electrons. The standard InChI is InChI=1S/C18H25NO4/c1-17(2,3)23-16(21)19-12-11-18(9-10-18)15(20)22-13-14-7-5-4-6-8-14/h4-8H,9-13H2,1-3H3,(H,19,21). The summed E-state index contributed by atoms with van der Waals surface area (Å²) in [5, 5.41) is 2.70. The van der Waals surface area contributed by atoms with Crippen LogP contribution in [-0.4, -0.2) is 24.2 Å². The molecule has 0 unspecified atom stereocenters. The lowest BCUT2D eigenvalue weighted by Gasteiger charge is -2.20. The first-order valence-corrected chi connectivity index (χ1v) is 7.99. The van der Waals surface area contributed by atoms with Crippen LogP contribution in [0.25, 0.3) is 0 Å². The monoisotopic (exact) mass is 319 g/mol. The van der Waals surface area contributed by atoms with Gasteiger partial charge >= 0.3 is 12.1 Å². The van der Waals surface area contributed by atoms with Gasteiger partial charge in [-0.05, 0) is 45.6 Å². The maximum Gasteiger partial charge on any atom is 0.407 e. The van der Waals surface area contributed by atoms with Crippen LogP contribution in [0.4, 0.5) is 4.79 Å². The minimum absolute atomic E-state index is 0.174. The van der Waals surface area contributed by atoms with Crippen LogP contribution in [0, 0.1) is 5.41 Å². The van der Waals surface area contributed by atoms with Gasteiger partial charge in [-0.2, -0.15) is 0 Å². The molecule has 0 atom stereocenters. The summed E-state index contributed by atoms with van der Waals surface area (Å²) in [5.41, 5.74) is 0.0308. The van der Waals surface area contributed by atoms with Crippen molar-refractivity contribution in [3.05, 3.63) is 35.9 Å². The molecule has 1 fully saturated rings. The van der Waals surface area contributed by atoms with E-state index in [1.807, 2.05) is 51.1 Å². The Morgan fingerprint density at radius 3 is 2.39 bits per heavy atom. The largest absolute Gasteiger partial charge is 0.460 e. The van der Waals surface area contributed by atoms with Crippen molar-refractivity contribution < 1.29 is 19.1 Å². The molecule has 0 aromatic heterocycles. The molecule has 1 amide bonds. The first kappa shape index (κ1) is 17.3. The number of ether oxygens (including phenoxy) is 2. The van der Waals surface area contributed by atoms with Gasteiger partial charge in [0.15, 0.2) is 0 Å². The van der Waals surface area contributed by atoms with Crippen molar-refractivity contribution in [2.24, 2.45) is 5.41 Å². The molecule has 1 aliphatic carbocycles. The number of carbonyl (C=O) groups is 2. The van der Waals surface area contributed by atoms with Crippen LogP contribution in [0.1, 0.15) is 45.6 Å². The second kappa shape index (κ2) is 7.02. The quantitative estimate of drug-likeness (QED) is 0.816. The topological polar surface area (TPSA) is 64.6 Å². The van der Waals surface area contributed by atoms with E-state index in [-0.39, 0.29) is 5.97 Å². The van der Waals surface area contributed by atoms with Crippen molar-refractivity contribution in [1.29, 1.82) is 0 Å². The summed E-state index contributed by atoms with van der Waals surface area (Å²) >= 11 is 0. The van der Waals surface area contributed by atoms with Crippen LogP contribution in [0.5, 0.6) is 0 Å². The zero-order valence-electron chi connectivity index (χ0n) is 14.1. The van der Waals surface area contributed by atoms with Crippen molar-refractivity contribution in [3.8, 4) is 0 Å². The summed E-state index contributed by atoms with van der Waals surface area (Å²) < 4.78 is 10.6. The van der Waals surface area contributed by atoms with Gasteiger partial charge < -0.3 is 14.8 Å². The fraction of sp³-hybridized carbons (Fsp3) is 0.556. The highest BCUT2D eigenvalue weighted by molar-refractivity contribution is 5.80. The fourth-order valence-electron chi connectivity index (χ4n) is 2.30. The average molecular weight is 319 g/mol. The Hall–Kier alpha value is -2.04. The Bertz CT molecular complexity index is 544. The lowest BCUT2D eigenvalue weighted by molar-refractivity contribution is -0.151. The van der Waals surface area contributed by atoms with Gasteiger partial charge in [-0.15, -0.1) is 0 Å². The third-order valence-corrected chi connectivity index (χ3v) is 3.77. The van der Waals surface area contributed by atoms with Crippen LogP contribution in [0.3, 0.4) is 0 Å². The first-order valence-electron chi connectivity index (χ1n) is 7.99. The number of alkyl carbamates (subject to hydrolysis) is 1. The number of benzene rings is 1. The Balaban J connectivity index is 1.72. The SMILES string of the molecule is CC(C)(C)OC(=O)NCCC1(C(=O)OCc2ccccc2)CC1. The maximum atomic E-state index is 12.2. The predicted octanol–water partition coefficient (Wildman–Crippen LogP) is 3.42. The molecule has 0 aliphatic heterocycles. The van der Waals surface area contributed by atoms with Gasteiger partial charge in [0.05, 0.1) is 5.41 Å². The summed E-state index contributed by atoms with van der Waals surface area (Å²) in [6, 6.07) is 9.62. The van der Waals surface area contributed by atoms with E-state index in [1.54, 1.807) is 0 Å². The molecule has 1 aromatic carbocycles. The number of nitrogens with one attached hydrogen (secondary N) is 1. The van der Waals surface area contributed by atoms with Crippen molar-refractivity contribution in [2.45, 2.75) is 52.2 Å². The first-order chi connectivity index (χ1) is 10.8. The number of hydrogen-bond donors (Lipinski definition) is 1. The molecular weight excluding hydrogens is 294 g/mol. The van der Waals surface area contributed by atoms with Gasteiger partial charge in [0.25, 0.3) is 0 Å². The van der Waals surface area contributed by atoms with E-state index in [0.717, 1.165) is 18.4 Å². The molecule has 5 heteroatoms. The third-order valence-electron chi connectivity index (χ3n) is 3.77. The lowest BCUT2D eigenvalue weighted by Crippen LogP contribution is -2.34. The lowest BCUT2D eigenvalue weighted by atomic mass is 10.0. The minimum atomic E-state index is -0.518. The third kappa shape index (κ3) is 5.58. The summed E-state index contributed by atoms with van der Waals surface area (Å²) in [6.45, 7) is 6.15. The number of hydrogen-bond acceptors (Lipinski definition) is 4. The van der Waals surface area contributed by atoms with E-state index < -0.39 is 17.1 Å². The van der Waals surface area contributed by atoms with Gasteiger partial charge in [0, 0.05) is 6.54 Å². The molecule has 5 nitrogen and oxygen atoms in total. The smallest absolute Gasteiger partial charge is 0.407 e. The van der Waals surface area contributed by atoms with Crippen LogP contribution in [-0.2, 0) is 20.9 Å². The zero-order valence-corrected chi connectivity index (χ0v) is 14.1. The molecule has 1 aliphatic rings. The number of amides is 1. The number of carbonyl (C=O) groups excluding carboxylic acids is 2. The zero-order chi connectivity index (χ0) is 16.9. The highest BCUT2D eigenvalue weighted by Crippen LogP contribution is 2.49. The second-order valence-corrected chi connectivity index (χ2v) is 7.02. The van der Waals surface area contributed by atoms with Crippen LogP contribution >= 0.6 is 0 Å². The fourth-order valence-corrected chi connectivity index (χ4v) is 2.30. The molecule has 1 aromatic rings. The van der Waals surface area contributed by atoms with E-state index in [2.05, 4.69) is 5.32 Å². The molecule has 2 rings (SSSR count). The van der Waals surface area contributed by atoms with Gasteiger partial charge in [0.2, 0.25) is 0 Å². The Morgan fingerprint density at radius 2 is 1.83 bits per heavy atom. The van der Waals surface area contributed by atoms with Gasteiger partial charge in [-0.25, -0.2) is 4.79 Å². The Labute approximate surface area is 137 Å². The normalized spacial score (nSPS) is 15.6. The van der Waals surface area contributed by atoms with E-state index in [9.17, 15) is 9.59 Å². The Morgan fingerprint density at radius 1 is 1.17 bits per heavy atom. The van der Waals surface area contributed by atoms with Crippen molar-refractivity contribution in [3.63, 3.8) is 0 Å². The van der Waals surface area contributed by atoms with Crippen LogP contribution in [0.2, 0.25) is 0 Å². The molecular formula is C18H25NO4. The van der Waals surface area contributed by atoms with E-state index in [0.29, 0.717) is 19.6 Å². The van der Waals surface area contributed by atoms with Gasteiger partial charge in [-0.1, -0.05) is 30.3 Å². The molecule has 126 valence electrons. The van der Waals surface area contributed by atoms with Crippen molar-refractivity contribution >= 4 is 12.1 Å². The summed E-state index contributed by atoms with van der Waals surface area (Å²) in [4.78, 5) is 23.8. The molecule has 23 heavy (non-hydrogen) atoms. The predicted molar refractivity (Wildman–Crippen MR) is 86.8 cm³/mol. The highest BCUT2D eigenvalue weighted by Gasteiger charge is 2.50. The van der Waals surface area contributed by atoms with Crippen LogP contribution < -0.4 is 5.32 Å². The minimum Gasteiger partial charge on any atom is -0.460 e. The molecule has 0 bridgehead atoms. The van der Waals surface area contributed by atoms with Crippen LogP contribution in [0.15, 0.2) is 30.3 Å². The summed E-state index contributed by atoms with van der Waals surface area (Å²) in [5.74, 6) is -0.174. The second-order valence-electron chi connectivity index (χ2n) is 7.02. The van der Waals surface area contributed by atoms with E-state index in [4.69, 9.17) is 9.47 Å². The highest BCUT2D eigenvalue weighted by atomic mass is 16.6. The molecule has 1 saturated carbocycles. The number of esters is 1. The summed E-state index contributed by atoms with van der Waals surface area (Å²) in [6.07, 6.45) is 1.76. The molecule has 0 saturated heterocycles. The molecule has 0 heterocycles. The Kier molecular flexibility index (Phi) is 5.29. The molecule has 1 N–H and O–H groups in total. The van der Waals surface area contributed by atoms with Crippen molar-refractivity contribution in [1.82, 2.24) is 5.32 Å². The summed E-state index contributed by atoms with van der Waals surface area (Å²) in [7, 11) is 0. The number of rotatable bonds is 6. The van der Waals surface area contributed by atoms with E-state index in [1.165, 1.54) is 0 Å². The maximum absolute atomic E-state index is 12.2. The molecule has 0 spiro atoms. The van der Waals surface area contributed by atoms with Gasteiger partial charge in [0.1, 0.15) is 12.2 Å². The average Bonchev–Trinajstić information content (AvgIpc) is 3.25. The van der Waals surface area contributed by atoms with Crippen molar-refractivity contribution in [2.75, 3.05) is 6.54 Å². The van der Waals surface area contributed by atoms with E-state index >= 15 is 0 Å². The van der Waals surface area contributed by atoms with Gasteiger partial charge in [-0.3, -0.25) is 4.79 Å².